The van der Waals surface area contributed by atoms with E-state index in [1.165, 1.54) is 15.9 Å². The molecule has 0 amide bonds. The molecule has 4 heterocycles. The van der Waals surface area contributed by atoms with E-state index < -0.39 is 5.97 Å². The number of fused-ring (bicyclic) bond motifs is 2. The van der Waals surface area contributed by atoms with Gasteiger partial charge in [-0.3, -0.25) is 14.3 Å². The van der Waals surface area contributed by atoms with Crippen LogP contribution in [-0.2, 0) is 6.54 Å². The number of ether oxygens (including phenoxy) is 1. The lowest BCUT2D eigenvalue weighted by Crippen LogP contribution is -2.27. The Kier molecular flexibility index (Phi) is 7.59. The van der Waals surface area contributed by atoms with Gasteiger partial charge < -0.3 is 9.84 Å². The third-order valence-corrected chi connectivity index (χ3v) is 8.79. The molecule has 0 radical (unpaired) electrons. The molecule has 44 heavy (non-hydrogen) atoms. The van der Waals surface area contributed by atoms with Crippen LogP contribution < -0.4 is 10.3 Å². The predicted molar refractivity (Wildman–Crippen MR) is 171 cm³/mol. The van der Waals surface area contributed by atoms with E-state index >= 15 is 0 Å². The monoisotopic (exact) mass is 621 g/mol. The number of halogens is 1. The maximum absolute atomic E-state index is 13.9. The van der Waals surface area contributed by atoms with Crippen LogP contribution in [0.1, 0.15) is 33.0 Å². The minimum atomic E-state index is -0.982. The molecule has 0 unspecified atom stereocenters. The molecule has 6 aromatic rings. The Morgan fingerprint density at radius 3 is 2.66 bits per heavy atom. The number of aromatic carboxylic acids is 1. The van der Waals surface area contributed by atoms with E-state index in [2.05, 4.69) is 21.0 Å². The predicted octanol–water partition coefficient (Wildman–Crippen LogP) is 6.96. The first-order valence-corrected chi connectivity index (χ1v) is 14.8. The zero-order chi connectivity index (χ0) is 31.1. The molecule has 0 bridgehead atoms. The minimum Gasteiger partial charge on any atom is -0.491 e. The third kappa shape index (κ3) is 4.96. The molecular weight excluding hydrogens is 598 g/mol. The van der Waals surface area contributed by atoms with E-state index in [0.29, 0.717) is 49.8 Å². The van der Waals surface area contributed by atoms with Crippen LogP contribution >= 0.6 is 22.9 Å². The molecule has 0 spiro atoms. The Hall–Kier alpha value is -5.11. The van der Waals surface area contributed by atoms with Crippen molar-refractivity contribution in [3.63, 3.8) is 0 Å². The third-order valence-electron chi connectivity index (χ3n) is 7.54. The molecule has 6 rings (SSSR count). The number of carboxylic acid groups (broad SMARTS) is 1. The van der Waals surface area contributed by atoms with E-state index in [9.17, 15) is 20.0 Å². The Labute approximate surface area is 260 Å². The fourth-order valence-corrected chi connectivity index (χ4v) is 6.75. The topological polar surface area (TPSA) is 131 Å². The Morgan fingerprint density at radius 2 is 1.93 bits per heavy atom. The van der Waals surface area contributed by atoms with Crippen molar-refractivity contribution >= 4 is 49.9 Å². The molecule has 0 aliphatic heterocycles. The van der Waals surface area contributed by atoms with Gasteiger partial charge in [-0.15, -0.1) is 11.3 Å². The largest absolute Gasteiger partial charge is 0.491 e. The normalized spacial score (nSPS) is 11.2. The summed E-state index contributed by atoms with van der Waals surface area (Å²) in [6.07, 6.45) is 3.28. The number of nitriles is 1. The van der Waals surface area contributed by atoms with Gasteiger partial charge in [-0.2, -0.15) is 5.26 Å². The highest BCUT2D eigenvalue weighted by Crippen LogP contribution is 2.41. The van der Waals surface area contributed by atoms with Crippen LogP contribution in [0.15, 0.2) is 65.0 Å². The average Bonchev–Trinajstić information content (AvgIpc) is 3.47. The maximum atomic E-state index is 13.9. The van der Waals surface area contributed by atoms with Gasteiger partial charge in [-0.05, 0) is 62.2 Å². The number of thiophene rings is 1. The van der Waals surface area contributed by atoms with Gasteiger partial charge >= 0.3 is 5.97 Å². The number of rotatable bonds is 7. The van der Waals surface area contributed by atoms with E-state index in [0.717, 1.165) is 15.8 Å². The van der Waals surface area contributed by atoms with Crippen LogP contribution in [0.2, 0.25) is 5.02 Å². The summed E-state index contributed by atoms with van der Waals surface area (Å²) in [6, 6.07) is 14.8. The van der Waals surface area contributed by atoms with Crippen LogP contribution in [0.4, 0.5) is 0 Å². The lowest BCUT2D eigenvalue weighted by molar-refractivity contribution is 0.0699. The minimum absolute atomic E-state index is 0.0721. The van der Waals surface area contributed by atoms with E-state index in [1.54, 1.807) is 55.9 Å². The highest BCUT2D eigenvalue weighted by Gasteiger charge is 2.21. The quantitative estimate of drug-likeness (QED) is 0.202. The maximum Gasteiger partial charge on any atom is 0.337 e. The van der Waals surface area contributed by atoms with Gasteiger partial charge in [-0.25, -0.2) is 14.8 Å². The van der Waals surface area contributed by atoms with Crippen molar-refractivity contribution in [3.05, 3.63) is 104 Å². The van der Waals surface area contributed by atoms with Crippen LogP contribution in [0.3, 0.4) is 0 Å². The lowest BCUT2D eigenvalue weighted by Gasteiger charge is -2.16. The SMILES string of the molecule is Cc1ccc(-c2cc(Cl)ccc2OCCn2c(C)nc3c(C#N)nc(-c4cccnc4)c(C)c3c2=O)c2scc(C(=O)O)c12. The zero-order valence-corrected chi connectivity index (χ0v) is 25.5. The molecule has 0 saturated heterocycles. The first-order valence-electron chi connectivity index (χ1n) is 13.6. The number of carbonyl (C=O) groups is 1. The number of carboxylic acids is 1. The Balaban J connectivity index is 1.37. The molecule has 11 heteroatoms. The number of nitrogens with zero attached hydrogens (tertiary/aromatic N) is 5. The molecule has 4 aromatic heterocycles. The molecule has 0 saturated carbocycles. The van der Waals surface area contributed by atoms with Crippen molar-refractivity contribution in [2.45, 2.75) is 27.3 Å². The summed E-state index contributed by atoms with van der Waals surface area (Å²) < 4.78 is 8.59. The Morgan fingerprint density at radius 1 is 1.11 bits per heavy atom. The van der Waals surface area contributed by atoms with E-state index in [-0.39, 0.29) is 35.5 Å². The smallest absolute Gasteiger partial charge is 0.337 e. The van der Waals surface area contributed by atoms with Gasteiger partial charge in [-0.1, -0.05) is 23.7 Å². The molecule has 9 nitrogen and oxygen atoms in total. The van der Waals surface area contributed by atoms with Gasteiger partial charge in [0.15, 0.2) is 5.69 Å². The number of hydrogen-bond acceptors (Lipinski definition) is 8. The van der Waals surface area contributed by atoms with Gasteiger partial charge in [0.1, 0.15) is 29.8 Å². The van der Waals surface area contributed by atoms with Crippen LogP contribution in [0, 0.1) is 32.1 Å². The van der Waals surface area contributed by atoms with Crippen molar-refractivity contribution in [1.29, 1.82) is 5.26 Å². The standard InChI is InChI=1S/C33H24ClN5O4S/c1-17-6-8-22(31-27(17)24(16-44-31)33(41)42)23-13-21(34)7-9-26(23)43-12-11-39-19(3)37-30-25(14-35)38-29(18(2)28(30)32(39)40)20-5-4-10-36-15-20/h4-10,13,15-16H,11-12H2,1-3H3,(H,41,42). The van der Waals surface area contributed by atoms with Crippen molar-refractivity contribution < 1.29 is 14.6 Å². The van der Waals surface area contributed by atoms with Crippen molar-refractivity contribution in [2.24, 2.45) is 0 Å². The summed E-state index contributed by atoms with van der Waals surface area (Å²) in [5.41, 5.74) is 4.47. The first-order chi connectivity index (χ1) is 21.2. The van der Waals surface area contributed by atoms with Gasteiger partial charge in [0.25, 0.3) is 5.56 Å². The molecule has 1 N–H and O–H groups in total. The van der Waals surface area contributed by atoms with Crippen LogP contribution in [-0.4, -0.2) is 37.2 Å². The molecule has 0 aliphatic carbocycles. The number of pyridine rings is 2. The molecular formula is C33H24ClN5O4S. The van der Waals surface area contributed by atoms with Crippen LogP contribution in [0.5, 0.6) is 5.75 Å². The molecule has 2 aromatic carbocycles. The fraction of sp³-hybridized carbons (Fsp3) is 0.152. The van der Waals surface area contributed by atoms with Crippen molar-refractivity contribution in [3.8, 4) is 34.2 Å². The van der Waals surface area contributed by atoms with Crippen molar-refractivity contribution in [2.75, 3.05) is 6.61 Å². The van der Waals surface area contributed by atoms with Crippen LogP contribution in [0.25, 0.3) is 43.4 Å². The van der Waals surface area contributed by atoms with E-state index in [1.807, 2.05) is 25.1 Å². The summed E-state index contributed by atoms with van der Waals surface area (Å²) in [4.78, 5) is 39.0. The summed E-state index contributed by atoms with van der Waals surface area (Å²) in [5, 5.41) is 22.7. The summed E-state index contributed by atoms with van der Waals surface area (Å²) in [6.45, 7) is 5.70. The average molecular weight is 622 g/mol. The highest BCUT2D eigenvalue weighted by atomic mass is 35.5. The fourth-order valence-electron chi connectivity index (χ4n) is 5.43. The second kappa shape index (κ2) is 11.5. The summed E-state index contributed by atoms with van der Waals surface area (Å²) in [5.74, 6) is -0.0195. The summed E-state index contributed by atoms with van der Waals surface area (Å²) >= 11 is 7.75. The molecule has 0 atom stereocenters. The van der Waals surface area contributed by atoms with Gasteiger partial charge in [0, 0.05) is 49.6 Å². The van der Waals surface area contributed by atoms with Crippen molar-refractivity contribution in [1.82, 2.24) is 19.5 Å². The Bertz CT molecular complexity index is 2220. The molecule has 0 aliphatic rings. The number of aromatic nitrogens is 4. The molecule has 0 fully saturated rings. The first kappa shape index (κ1) is 29.0. The van der Waals surface area contributed by atoms with Gasteiger partial charge in [0.2, 0.25) is 0 Å². The number of hydrogen-bond donors (Lipinski definition) is 1. The zero-order valence-electron chi connectivity index (χ0n) is 23.9. The number of benzene rings is 2. The number of aryl methyl sites for hydroxylation is 3. The highest BCUT2D eigenvalue weighted by molar-refractivity contribution is 7.18. The summed E-state index contributed by atoms with van der Waals surface area (Å²) in [7, 11) is 0. The second-order valence-electron chi connectivity index (χ2n) is 10.2. The van der Waals surface area contributed by atoms with E-state index in [4.69, 9.17) is 16.3 Å². The molecule has 218 valence electrons. The van der Waals surface area contributed by atoms with Gasteiger partial charge in [0.05, 0.1) is 23.2 Å². The second-order valence-corrected chi connectivity index (χ2v) is 11.5. The lowest BCUT2D eigenvalue weighted by atomic mass is 9.98.